The van der Waals surface area contributed by atoms with Crippen molar-refractivity contribution in [1.29, 1.82) is 0 Å². The molecule has 1 rings (SSSR count). The first-order chi connectivity index (χ1) is 7.92. The molecule has 1 aromatic carbocycles. The minimum absolute atomic E-state index is 0.0711. The summed E-state index contributed by atoms with van der Waals surface area (Å²) in [6, 6.07) is 4.46. The number of halogens is 2. The zero-order valence-corrected chi connectivity index (χ0v) is 10.5. The van der Waals surface area contributed by atoms with Crippen LogP contribution < -0.4 is 10.5 Å². The van der Waals surface area contributed by atoms with Crippen LogP contribution >= 0.6 is 0 Å². The topological polar surface area (TPSA) is 35.2 Å². The molecule has 1 unspecified atom stereocenters. The fourth-order valence-corrected chi connectivity index (χ4v) is 1.67. The lowest BCUT2D eigenvalue weighted by molar-refractivity contribution is 0.110. The normalized spacial score (nSPS) is 14.8. The molecule has 0 radical (unpaired) electrons. The molecule has 2 nitrogen and oxygen atoms in total. The molecule has 0 aliphatic carbocycles. The number of benzene rings is 1. The summed E-state index contributed by atoms with van der Waals surface area (Å²) in [5.74, 6) is -0.527. The predicted molar refractivity (Wildman–Crippen MR) is 64.4 cm³/mol. The van der Waals surface area contributed by atoms with Gasteiger partial charge in [-0.2, -0.15) is 0 Å². The van der Waals surface area contributed by atoms with Crippen molar-refractivity contribution >= 4 is 0 Å². The lowest BCUT2D eigenvalue weighted by atomic mass is 9.86. The lowest BCUT2D eigenvalue weighted by Gasteiger charge is -2.28. The van der Waals surface area contributed by atoms with Crippen LogP contribution in [0.3, 0.4) is 0 Å². The SMILES string of the molecule is COc1ccc(CC(F)(CN)C(C)C)cc1F. The Morgan fingerprint density at radius 3 is 2.47 bits per heavy atom. The minimum Gasteiger partial charge on any atom is -0.494 e. The van der Waals surface area contributed by atoms with E-state index in [1.807, 2.05) is 0 Å². The highest BCUT2D eigenvalue weighted by molar-refractivity contribution is 5.30. The van der Waals surface area contributed by atoms with Crippen molar-refractivity contribution in [2.45, 2.75) is 25.9 Å². The van der Waals surface area contributed by atoms with E-state index in [9.17, 15) is 8.78 Å². The van der Waals surface area contributed by atoms with Gasteiger partial charge in [0.15, 0.2) is 11.6 Å². The first kappa shape index (κ1) is 13.9. The van der Waals surface area contributed by atoms with Crippen molar-refractivity contribution in [2.24, 2.45) is 11.7 Å². The number of ether oxygens (including phenoxy) is 1. The molecule has 0 aromatic heterocycles. The van der Waals surface area contributed by atoms with Crippen LogP contribution in [0.2, 0.25) is 0 Å². The van der Waals surface area contributed by atoms with Crippen molar-refractivity contribution in [3.05, 3.63) is 29.6 Å². The number of nitrogens with two attached hydrogens (primary N) is 1. The lowest BCUT2D eigenvalue weighted by Crippen LogP contribution is -2.40. The third kappa shape index (κ3) is 3.16. The zero-order valence-electron chi connectivity index (χ0n) is 10.5. The maximum absolute atomic E-state index is 14.4. The van der Waals surface area contributed by atoms with Gasteiger partial charge in [0.2, 0.25) is 0 Å². The molecule has 0 aliphatic rings. The molecular weight excluding hydrogens is 224 g/mol. The molecule has 2 N–H and O–H groups in total. The summed E-state index contributed by atoms with van der Waals surface area (Å²) in [7, 11) is 1.39. The smallest absolute Gasteiger partial charge is 0.165 e. The third-order valence-electron chi connectivity index (χ3n) is 3.09. The van der Waals surface area contributed by atoms with Crippen molar-refractivity contribution in [3.63, 3.8) is 0 Å². The second-order valence-corrected chi connectivity index (χ2v) is 4.54. The molecule has 0 amide bonds. The van der Waals surface area contributed by atoms with Crippen LogP contribution in [0, 0.1) is 11.7 Å². The fourth-order valence-electron chi connectivity index (χ4n) is 1.67. The fraction of sp³-hybridized carbons (Fsp3) is 0.538. The summed E-state index contributed by atoms with van der Waals surface area (Å²) in [6.07, 6.45) is 0.113. The van der Waals surface area contributed by atoms with Gasteiger partial charge in [-0.25, -0.2) is 8.78 Å². The molecule has 0 saturated carbocycles. The molecule has 96 valence electrons. The van der Waals surface area contributed by atoms with Crippen LogP contribution in [-0.2, 0) is 6.42 Å². The summed E-state index contributed by atoms with van der Waals surface area (Å²) in [4.78, 5) is 0. The predicted octanol–water partition coefficient (Wildman–Crippen LogP) is 2.70. The van der Waals surface area contributed by atoms with Crippen LogP contribution in [-0.4, -0.2) is 19.3 Å². The van der Waals surface area contributed by atoms with Gasteiger partial charge in [-0.3, -0.25) is 0 Å². The number of hydrogen-bond acceptors (Lipinski definition) is 2. The van der Waals surface area contributed by atoms with E-state index in [4.69, 9.17) is 10.5 Å². The van der Waals surface area contributed by atoms with Crippen LogP contribution in [0.5, 0.6) is 5.75 Å². The van der Waals surface area contributed by atoms with Crippen molar-refractivity contribution in [2.75, 3.05) is 13.7 Å². The monoisotopic (exact) mass is 243 g/mol. The number of methoxy groups -OCH3 is 1. The number of rotatable bonds is 5. The standard InChI is InChI=1S/C13H19F2NO/c1-9(2)13(15,8-16)7-10-4-5-12(17-3)11(14)6-10/h4-6,9H,7-8,16H2,1-3H3. The summed E-state index contributed by atoms with van der Waals surface area (Å²) >= 11 is 0. The molecule has 0 aliphatic heterocycles. The third-order valence-corrected chi connectivity index (χ3v) is 3.09. The number of alkyl halides is 1. The van der Waals surface area contributed by atoms with Crippen LogP contribution in [0.1, 0.15) is 19.4 Å². The second-order valence-electron chi connectivity index (χ2n) is 4.54. The van der Waals surface area contributed by atoms with Crippen LogP contribution in [0.25, 0.3) is 0 Å². The highest BCUT2D eigenvalue weighted by Gasteiger charge is 2.32. The summed E-state index contributed by atoms with van der Waals surface area (Å²) < 4.78 is 32.6. The van der Waals surface area contributed by atoms with E-state index >= 15 is 0 Å². The molecular formula is C13H19F2NO. The summed E-state index contributed by atoms with van der Waals surface area (Å²) in [5.41, 5.74) is 4.55. The van der Waals surface area contributed by atoms with Crippen LogP contribution in [0.4, 0.5) is 8.78 Å². The zero-order chi connectivity index (χ0) is 13.1. The van der Waals surface area contributed by atoms with E-state index in [2.05, 4.69) is 0 Å². The van der Waals surface area contributed by atoms with Crippen molar-refractivity contribution < 1.29 is 13.5 Å². The van der Waals surface area contributed by atoms with Crippen LogP contribution in [0.15, 0.2) is 18.2 Å². The van der Waals surface area contributed by atoms with E-state index in [1.54, 1.807) is 19.9 Å². The molecule has 4 heteroatoms. The Hall–Kier alpha value is -1.16. The van der Waals surface area contributed by atoms with Gasteiger partial charge in [0.1, 0.15) is 5.67 Å². The molecule has 0 spiro atoms. The van der Waals surface area contributed by atoms with Gasteiger partial charge in [0.25, 0.3) is 0 Å². The maximum Gasteiger partial charge on any atom is 0.165 e. The largest absolute Gasteiger partial charge is 0.494 e. The average Bonchev–Trinajstić information content (AvgIpc) is 2.29. The van der Waals surface area contributed by atoms with Gasteiger partial charge in [-0.05, 0) is 23.6 Å². The van der Waals surface area contributed by atoms with E-state index in [1.165, 1.54) is 19.2 Å². The maximum atomic E-state index is 14.4. The van der Waals surface area contributed by atoms with Gasteiger partial charge in [0, 0.05) is 13.0 Å². The molecule has 17 heavy (non-hydrogen) atoms. The Bertz CT molecular complexity index is 382. The van der Waals surface area contributed by atoms with Gasteiger partial charge in [0.05, 0.1) is 7.11 Å². The molecule has 0 heterocycles. The Morgan fingerprint density at radius 2 is 2.06 bits per heavy atom. The van der Waals surface area contributed by atoms with E-state index in [0.717, 1.165) is 0 Å². The Balaban J connectivity index is 2.91. The van der Waals surface area contributed by atoms with E-state index in [-0.39, 0.29) is 24.6 Å². The first-order valence-electron chi connectivity index (χ1n) is 5.64. The Labute approximate surface area is 101 Å². The molecule has 1 aromatic rings. The molecule has 0 saturated heterocycles. The van der Waals surface area contributed by atoms with E-state index < -0.39 is 11.5 Å². The minimum atomic E-state index is -1.50. The summed E-state index contributed by atoms with van der Waals surface area (Å²) in [6.45, 7) is 3.47. The molecule has 1 atom stereocenters. The molecule has 0 bridgehead atoms. The van der Waals surface area contributed by atoms with Gasteiger partial charge < -0.3 is 10.5 Å². The summed E-state index contributed by atoms with van der Waals surface area (Å²) in [5, 5.41) is 0. The Kier molecular flexibility index (Phi) is 4.46. The molecule has 0 fully saturated rings. The van der Waals surface area contributed by atoms with Crippen molar-refractivity contribution in [3.8, 4) is 5.75 Å². The highest BCUT2D eigenvalue weighted by Crippen LogP contribution is 2.27. The average molecular weight is 243 g/mol. The Morgan fingerprint density at radius 1 is 1.41 bits per heavy atom. The second kappa shape index (κ2) is 5.45. The van der Waals surface area contributed by atoms with Crippen molar-refractivity contribution in [1.82, 2.24) is 0 Å². The van der Waals surface area contributed by atoms with Gasteiger partial charge in [-0.1, -0.05) is 19.9 Å². The number of hydrogen-bond donors (Lipinski definition) is 1. The van der Waals surface area contributed by atoms with Gasteiger partial charge >= 0.3 is 0 Å². The first-order valence-corrected chi connectivity index (χ1v) is 5.64. The quantitative estimate of drug-likeness (QED) is 0.863. The highest BCUT2D eigenvalue weighted by atomic mass is 19.1. The van der Waals surface area contributed by atoms with E-state index in [0.29, 0.717) is 5.56 Å². The van der Waals surface area contributed by atoms with Gasteiger partial charge in [-0.15, -0.1) is 0 Å².